The minimum atomic E-state index is -2.43. The van der Waals surface area contributed by atoms with Gasteiger partial charge >= 0.3 is 11.9 Å². The molecule has 1 heterocycles. The van der Waals surface area contributed by atoms with Gasteiger partial charge in [-0.15, -0.1) is 0 Å². The van der Waals surface area contributed by atoms with E-state index in [1.54, 1.807) is 6.08 Å². The number of unbranched alkanes of at least 4 members (excludes halogenated alkanes) is 8. The molecule has 2 atom stereocenters. The first kappa shape index (κ1) is 35.8. The van der Waals surface area contributed by atoms with Gasteiger partial charge in [-0.3, -0.25) is 4.79 Å². The second-order valence-electron chi connectivity index (χ2n) is 12.6. The number of carboxylic acid groups (broad SMARTS) is 2. The molecule has 0 amide bonds. The van der Waals surface area contributed by atoms with E-state index in [9.17, 15) is 24.9 Å². The quantitative estimate of drug-likeness (QED) is 0.0770. The summed E-state index contributed by atoms with van der Waals surface area (Å²) in [7, 11) is -2.16. The first-order valence-electron chi connectivity index (χ1n) is 15.0. The van der Waals surface area contributed by atoms with Crippen LogP contribution < -0.4 is 0 Å². The lowest BCUT2D eigenvalue weighted by molar-refractivity contribution is -0.172. The summed E-state index contributed by atoms with van der Waals surface area (Å²) in [5.74, 6) is -4.88. The molecule has 0 bridgehead atoms. The second-order valence-corrected chi connectivity index (χ2v) is 17.4. The van der Waals surface area contributed by atoms with E-state index in [2.05, 4.69) is 27.7 Å². The maximum Gasteiger partial charge on any atom is 0.337 e. The Hall–Kier alpha value is -1.26. The van der Waals surface area contributed by atoms with Crippen LogP contribution in [0.2, 0.25) is 18.1 Å². The molecule has 0 saturated carbocycles. The highest BCUT2D eigenvalue weighted by Crippen LogP contribution is 2.37. The van der Waals surface area contributed by atoms with Crippen LogP contribution in [0.25, 0.3) is 0 Å². The topological polar surface area (TPSA) is 123 Å². The Kier molecular flexibility index (Phi) is 15.5. The third-order valence-electron chi connectivity index (χ3n) is 8.38. The van der Waals surface area contributed by atoms with Crippen molar-refractivity contribution >= 4 is 20.3 Å². The largest absolute Gasteiger partial charge is 0.481 e. The normalized spacial score (nSPS) is 18.3. The first-order chi connectivity index (χ1) is 18.2. The van der Waals surface area contributed by atoms with E-state index < -0.39 is 37.6 Å². The van der Waals surface area contributed by atoms with E-state index in [0.29, 0.717) is 19.6 Å². The number of carbonyl (C=O) groups is 2. The minimum absolute atomic E-state index is 0.00935. The fraction of sp³-hybridized carbons (Fsp3) is 0.867. The molecular formula is C30H56O8Si. The highest BCUT2D eigenvalue weighted by Gasteiger charge is 2.47. The van der Waals surface area contributed by atoms with Crippen LogP contribution in [-0.4, -0.2) is 66.8 Å². The number of aliphatic carboxylic acids is 2. The van der Waals surface area contributed by atoms with Crippen molar-refractivity contribution in [1.82, 2.24) is 0 Å². The number of carboxylic acids is 2. The molecule has 0 aliphatic carbocycles. The Balaban J connectivity index is 2.50. The van der Waals surface area contributed by atoms with Crippen LogP contribution in [0.1, 0.15) is 111 Å². The lowest BCUT2D eigenvalue weighted by Gasteiger charge is -2.37. The Labute approximate surface area is 237 Å². The molecule has 1 rings (SSSR count). The molecule has 0 unspecified atom stereocenters. The number of hydrogen-bond acceptors (Lipinski definition) is 6. The number of allylic oxidation sites excluding steroid dienone is 1. The van der Waals surface area contributed by atoms with E-state index in [1.807, 2.05) is 13.1 Å². The molecule has 0 aromatic rings. The van der Waals surface area contributed by atoms with Gasteiger partial charge in [0.2, 0.25) is 0 Å². The Morgan fingerprint density at radius 3 is 1.97 bits per heavy atom. The maximum absolute atomic E-state index is 12.0. The summed E-state index contributed by atoms with van der Waals surface area (Å²) in [5, 5.41) is 30.3. The third-order valence-corrected chi connectivity index (χ3v) is 12.9. The average Bonchev–Trinajstić information content (AvgIpc) is 3.30. The molecule has 0 aromatic carbocycles. The molecular weight excluding hydrogens is 516 g/mol. The average molecular weight is 573 g/mol. The van der Waals surface area contributed by atoms with Crippen molar-refractivity contribution in [2.24, 2.45) is 5.92 Å². The predicted molar refractivity (Wildman–Crippen MR) is 156 cm³/mol. The van der Waals surface area contributed by atoms with Crippen LogP contribution in [0.15, 0.2) is 12.2 Å². The third kappa shape index (κ3) is 12.0. The molecule has 1 aliphatic heterocycles. The number of aliphatic hydroxyl groups is 1. The summed E-state index contributed by atoms with van der Waals surface area (Å²) >= 11 is 0. The zero-order valence-electron chi connectivity index (χ0n) is 25.4. The van der Waals surface area contributed by atoms with Gasteiger partial charge in [0.05, 0.1) is 13.2 Å². The summed E-state index contributed by atoms with van der Waals surface area (Å²) in [6.07, 6.45) is 15.1. The highest BCUT2D eigenvalue weighted by atomic mass is 28.4. The number of rotatable bonds is 21. The fourth-order valence-corrected chi connectivity index (χ4v) is 5.72. The first-order valence-corrected chi connectivity index (χ1v) is 17.9. The van der Waals surface area contributed by atoms with Gasteiger partial charge in [-0.1, -0.05) is 78.4 Å². The van der Waals surface area contributed by atoms with E-state index >= 15 is 0 Å². The van der Waals surface area contributed by atoms with E-state index in [0.717, 1.165) is 44.9 Å². The van der Waals surface area contributed by atoms with Gasteiger partial charge in [-0.2, -0.15) is 0 Å². The van der Waals surface area contributed by atoms with Gasteiger partial charge in [-0.05, 0) is 43.8 Å². The molecule has 1 saturated heterocycles. The van der Waals surface area contributed by atoms with Crippen molar-refractivity contribution in [2.45, 2.75) is 141 Å². The van der Waals surface area contributed by atoms with E-state index in [1.165, 1.54) is 31.8 Å². The van der Waals surface area contributed by atoms with Crippen LogP contribution in [0.5, 0.6) is 0 Å². The Morgan fingerprint density at radius 1 is 0.949 bits per heavy atom. The predicted octanol–water partition coefficient (Wildman–Crippen LogP) is 6.92. The molecule has 39 heavy (non-hydrogen) atoms. The molecule has 228 valence electrons. The summed E-state index contributed by atoms with van der Waals surface area (Å²) in [6.45, 7) is 13.8. The van der Waals surface area contributed by atoms with Crippen LogP contribution in [-0.2, 0) is 23.5 Å². The zero-order chi connectivity index (χ0) is 29.6. The van der Waals surface area contributed by atoms with Crippen LogP contribution in [0.3, 0.4) is 0 Å². The lowest BCUT2D eigenvalue weighted by atomic mass is 9.84. The summed E-state index contributed by atoms with van der Waals surface area (Å²) in [4.78, 5) is 23.9. The van der Waals surface area contributed by atoms with Gasteiger partial charge in [-0.25, -0.2) is 4.79 Å². The van der Waals surface area contributed by atoms with Crippen molar-refractivity contribution in [3.63, 3.8) is 0 Å². The van der Waals surface area contributed by atoms with Crippen molar-refractivity contribution in [3.8, 4) is 0 Å². The molecule has 8 nitrogen and oxygen atoms in total. The van der Waals surface area contributed by atoms with Crippen LogP contribution in [0, 0.1) is 5.92 Å². The molecule has 0 aromatic heterocycles. The molecule has 0 spiro atoms. The molecule has 1 fully saturated rings. The maximum atomic E-state index is 12.0. The van der Waals surface area contributed by atoms with Crippen molar-refractivity contribution in [2.75, 3.05) is 19.8 Å². The zero-order valence-corrected chi connectivity index (χ0v) is 26.4. The van der Waals surface area contributed by atoms with Crippen LogP contribution in [0.4, 0.5) is 0 Å². The number of hydrogen-bond donors (Lipinski definition) is 3. The lowest BCUT2D eigenvalue weighted by Crippen LogP contribution is -2.50. The van der Waals surface area contributed by atoms with Gasteiger partial charge in [0.25, 0.3) is 0 Å². The monoisotopic (exact) mass is 572 g/mol. The van der Waals surface area contributed by atoms with Crippen molar-refractivity contribution in [1.29, 1.82) is 0 Å². The molecule has 9 heteroatoms. The van der Waals surface area contributed by atoms with E-state index in [-0.39, 0.29) is 18.1 Å². The summed E-state index contributed by atoms with van der Waals surface area (Å²) < 4.78 is 18.0. The van der Waals surface area contributed by atoms with Gasteiger partial charge in [0.15, 0.2) is 19.7 Å². The highest BCUT2D eigenvalue weighted by molar-refractivity contribution is 6.74. The van der Waals surface area contributed by atoms with Crippen molar-refractivity contribution < 1.29 is 38.8 Å². The Bertz CT molecular complexity index is 755. The van der Waals surface area contributed by atoms with Gasteiger partial charge < -0.3 is 29.2 Å². The summed E-state index contributed by atoms with van der Waals surface area (Å²) in [6, 6.07) is 0. The van der Waals surface area contributed by atoms with Gasteiger partial charge in [0, 0.05) is 25.9 Å². The second kappa shape index (κ2) is 16.9. The fourth-order valence-electron chi connectivity index (χ4n) is 4.67. The van der Waals surface area contributed by atoms with Crippen molar-refractivity contribution in [3.05, 3.63) is 12.2 Å². The van der Waals surface area contributed by atoms with Gasteiger partial charge in [0.1, 0.15) is 5.92 Å². The SMILES string of the molecule is CCCCCCCC1(CCCCCC/C=C/[C@H](C(=O)O)[C@@](O)(CCO[Si](C)(C)C(C)(C)C)C(=O)O)OCCO1. The van der Waals surface area contributed by atoms with E-state index in [4.69, 9.17) is 13.9 Å². The molecule has 3 N–H and O–H groups in total. The molecule has 0 radical (unpaired) electrons. The summed E-state index contributed by atoms with van der Waals surface area (Å²) in [5.41, 5.74) is -2.43. The smallest absolute Gasteiger partial charge is 0.337 e. The minimum Gasteiger partial charge on any atom is -0.481 e. The Morgan fingerprint density at radius 2 is 1.49 bits per heavy atom. The van der Waals surface area contributed by atoms with Crippen LogP contribution >= 0.6 is 0 Å². The molecule has 1 aliphatic rings. The number of ether oxygens (including phenoxy) is 2. The standard InChI is InChI=1S/C30H56O8Si/c1-7-8-9-13-16-19-29(36-23-24-37-29)20-17-14-11-10-12-15-18-25(26(31)32)30(35,27(33)34)21-22-38-39(5,6)28(2,3)4/h15,18,25,35H,7-14,16-17,19-24H2,1-6H3,(H,31,32)(H,33,34)/b18-15+/t25-,30+/m1/s1.